The van der Waals surface area contributed by atoms with Gasteiger partial charge in [0.05, 0.1) is 6.07 Å². The molecule has 0 aromatic heterocycles. The molecule has 0 aliphatic carbocycles. The van der Waals surface area contributed by atoms with Crippen molar-refractivity contribution in [1.29, 1.82) is 5.26 Å². The highest BCUT2D eigenvalue weighted by molar-refractivity contribution is 5.35. The predicted molar refractivity (Wildman–Crippen MR) is 51.3 cm³/mol. The Bertz CT molecular complexity index is 234. The summed E-state index contributed by atoms with van der Waals surface area (Å²) in [6.07, 6.45) is 0. The Balaban J connectivity index is 0.000000217. The van der Waals surface area contributed by atoms with Crippen LogP contribution in [0.2, 0.25) is 0 Å². The predicted octanol–water partition coefficient (Wildman–Crippen LogP) is 2.43. The Labute approximate surface area is 73.6 Å². The Kier molecular flexibility index (Phi) is 5.46. The fourth-order valence-corrected chi connectivity index (χ4v) is 0.453. The SMILES string of the molecule is CC(C)C#N.Nc1ccccc1. The molecule has 0 saturated carbocycles. The Hall–Kier alpha value is -1.49. The Morgan fingerprint density at radius 2 is 1.67 bits per heavy atom. The second kappa shape index (κ2) is 6.23. The van der Waals surface area contributed by atoms with E-state index in [-0.39, 0.29) is 5.92 Å². The number of hydrogen-bond donors (Lipinski definition) is 1. The number of nitriles is 1. The van der Waals surface area contributed by atoms with Crippen LogP contribution < -0.4 is 5.73 Å². The first-order chi connectivity index (χ1) is 5.66. The van der Waals surface area contributed by atoms with E-state index in [1.54, 1.807) is 0 Å². The molecule has 1 aromatic carbocycles. The van der Waals surface area contributed by atoms with Crippen LogP contribution in [0.3, 0.4) is 0 Å². The number of benzene rings is 1. The zero-order chi connectivity index (χ0) is 9.40. The van der Waals surface area contributed by atoms with E-state index in [1.165, 1.54) is 0 Å². The van der Waals surface area contributed by atoms with Crippen LogP contribution >= 0.6 is 0 Å². The molecule has 1 rings (SSSR count). The number of rotatable bonds is 0. The number of hydrogen-bond acceptors (Lipinski definition) is 2. The zero-order valence-electron chi connectivity index (χ0n) is 7.49. The van der Waals surface area contributed by atoms with Crippen molar-refractivity contribution in [3.05, 3.63) is 30.3 Å². The molecule has 2 nitrogen and oxygen atoms in total. The molecule has 0 atom stereocenters. The van der Waals surface area contributed by atoms with Gasteiger partial charge in [-0.3, -0.25) is 0 Å². The first kappa shape index (κ1) is 10.5. The molecule has 1 aromatic rings. The maximum absolute atomic E-state index is 7.89. The van der Waals surface area contributed by atoms with E-state index in [0.717, 1.165) is 5.69 Å². The van der Waals surface area contributed by atoms with Gasteiger partial charge in [0.15, 0.2) is 0 Å². The molecule has 2 heteroatoms. The van der Waals surface area contributed by atoms with Crippen LogP contribution in [0.25, 0.3) is 0 Å². The first-order valence-electron chi connectivity index (χ1n) is 3.87. The summed E-state index contributed by atoms with van der Waals surface area (Å²) in [4.78, 5) is 0. The van der Waals surface area contributed by atoms with E-state index >= 15 is 0 Å². The zero-order valence-corrected chi connectivity index (χ0v) is 7.49. The van der Waals surface area contributed by atoms with Crippen molar-refractivity contribution in [1.82, 2.24) is 0 Å². The smallest absolute Gasteiger partial charge is 0.0649 e. The van der Waals surface area contributed by atoms with E-state index in [0.29, 0.717) is 0 Å². The summed E-state index contributed by atoms with van der Waals surface area (Å²) in [5.41, 5.74) is 6.18. The minimum absolute atomic E-state index is 0.190. The highest BCUT2D eigenvalue weighted by atomic mass is 14.5. The third kappa shape index (κ3) is 6.63. The monoisotopic (exact) mass is 162 g/mol. The second-order valence-corrected chi connectivity index (χ2v) is 2.69. The second-order valence-electron chi connectivity index (χ2n) is 2.69. The van der Waals surface area contributed by atoms with E-state index in [4.69, 9.17) is 11.0 Å². The molecule has 0 fully saturated rings. The molecule has 12 heavy (non-hydrogen) atoms. The molecule has 0 unspecified atom stereocenters. The molecule has 0 spiro atoms. The van der Waals surface area contributed by atoms with E-state index in [1.807, 2.05) is 50.2 Å². The number of anilines is 1. The van der Waals surface area contributed by atoms with Crippen molar-refractivity contribution < 1.29 is 0 Å². The minimum atomic E-state index is 0.190. The largest absolute Gasteiger partial charge is 0.399 e. The number of nitrogens with zero attached hydrogens (tertiary/aromatic N) is 1. The van der Waals surface area contributed by atoms with Crippen molar-refractivity contribution in [3.8, 4) is 6.07 Å². The summed E-state index contributed by atoms with van der Waals surface area (Å²) in [5.74, 6) is 0.190. The summed E-state index contributed by atoms with van der Waals surface area (Å²) in [5, 5.41) is 7.89. The first-order valence-corrected chi connectivity index (χ1v) is 3.87. The van der Waals surface area contributed by atoms with Crippen molar-refractivity contribution in [2.45, 2.75) is 13.8 Å². The molecule has 0 heterocycles. The van der Waals surface area contributed by atoms with Gasteiger partial charge < -0.3 is 5.73 Å². The number of nitrogen functional groups attached to an aromatic ring is 1. The lowest BCUT2D eigenvalue weighted by atomic mass is 10.3. The van der Waals surface area contributed by atoms with Gasteiger partial charge in [-0.25, -0.2) is 0 Å². The Morgan fingerprint density at radius 1 is 1.25 bits per heavy atom. The average molecular weight is 162 g/mol. The fourth-order valence-electron chi connectivity index (χ4n) is 0.453. The highest BCUT2D eigenvalue weighted by Gasteiger charge is 1.78. The molecule has 0 radical (unpaired) electrons. The molecule has 0 saturated heterocycles. The Morgan fingerprint density at radius 3 is 1.83 bits per heavy atom. The minimum Gasteiger partial charge on any atom is -0.399 e. The lowest BCUT2D eigenvalue weighted by molar-refractivity contribution is 0.849. The van der Waals surface area contributed by atoms with Gasteiger partial charge >= 0.3 is 0 Å². The van der Waals surface area contributed by atoms with Crippen LogP contribution in [0, 0.1) is 17.2 Å². The van der Waals surface area contributed by atoms with Gasteiger partial charge in [0, 0.05) is 11.6 Å². The summed E-state index contributed by atoms with van der Waals surface area (Å²) < 4.78 is 0. The standard InChI is InChI=1S/C6H7N.C4H7N/c7-6-4-2-1-3-5-6;1-4(2)3-5/h1-5H,7H2;4H,1-2H3. The summed E-state index contributed by atoms with van der Waals surface area (Å²) in [6.45, 7) is 3.72. The van der Waals surface area contributed by atoms with Gasteiger partial charge in [0.1, 0.15) is 0 Å². The molecular weight excluding hydrogens is 148 g/mol. The van der Waals surface area contributed by atoms with Crippen LogP contribution in [0.5, 0.6) is 0 Å². The lowest BCUT2D eigenvalue weighted by Crippen LogP contribution is -1.79. The van der Waals surface area contributed by atoms with Crippen LogP contribution in [0.4, 0.5) is 5.69 Å². The van der Waals surface area contributed by atoms with Gasteiger partial charge in [0.2, 0.25) is 0 Å². The molecule has 2 N–H and O–H groups in total. The highest BCUT2D eigenvalue weighted by Crippen LogP contribution is 1.95. The maximum Gasteiger partial charge on any atom is 0.0649 e. The van der Waals surface area contributed by atoms with Gasteiger partial charge in [-0.15, -0.1) is 0 Å². The van der Waals surface area contributed by atoms with E-state index in [2.05, 4.69) is 0 Å². The quantitative estimate of drug-likeness (QED) is 0.595. The van der Waals surface area contributed by atoms with E-state index < -0.39 is 0 Å². The van der Waals surface area contributed by atoms with Crippen molar-refractivity contribution >= 4 is 5.69 Å². The molecular formula is C10H14N2. The summed E-state index contributed by atoms with van der Waals surface area (Å²) in [7, 11) is 0. The van der Waals surface area contributed by atoms with Crippen LogP contribution in [0.1, 0.15) is 13.8 Å². The molecule has 64 valence electrons. The van der Waals surface area contributed by atoms with Gasteiger partial charge in [-0.2, -0.15) is 5.26 Å². The van der Waals surface area contributed by atoms with Crippen molar-refractivity contribution in [3.63, 3.8) is 0 Å². The average Bonchev–Trinajstić information content (AvgIpc) is 2.07. The molecule has 0 amide bonds. The number of para-hydroxylation sites is 1. The summed E-state index contributed by atoms with van der Waals surface area (Å²) in [6, 6.07) is 11.5. The van der Waals surface area contributed by atoms with Crippen LogP contribution in [0.15, 0.2) is 30.3 Å². The topological polar surface area (TPSA) is 49.8 Å². The normalized spacial score (nSPS) is 8.17. The van der Waals surface area contributed by atoms with Crippen molar-refractivity contribution in [2.24, 2.45) is 5.92 Å². The third-order valence-corrected chi connectivity index (χ3v) is 1.06. The molecule has 0 bridgehead atoms. The van der Waals surface area contributed by atoms with Gasteiger partial charge in [-0.1, -0.05) is 18.2 Å². The lowest BCUT2D eigenvalue weighted by Gasteiger charge is -1.83. The third-order valence-electron chi connectivity index (χ3n) is 1.06. The fraction of sp³-hybridized carbons (Fsp3) is 0.300. The molecule has 0 aliphatic heterocycles. The van der Waals surface area contributed by atoms with Crippen LogP contribution in [-0.4, -0.2) is 0 Å². The van der Waals surface area contributed by atoms with Gasteiger partial charge in [0.25, 0.3) is 0 Å². The maximum atomic E-state index is 7.89. The van der Waals surface area contributed by atoms with E-state index in [9.17, 15) is 0 Å². The summed E-state index contributed by atoms with van der Waals surface area (Å²) >= 11 is 0. The molecule has 0 aliphatic rings. The number of nitrogens with two attached hydrogens (primary N) is 1. The van der Waals surface area contributed by atoms with Crippen molar-refractivity contribution in [2.75, 3.05) is 5.73 Å². The van der Waals surface area contributed by atoms with Crippen LogP contribution in [-0.2, 0) is 0 Å². The van der Waals surface area contributed by atoms with Gasteiger partial charge in [-0.05, 0) is 26.0 Å².